The van der Waals surface area contributed by atoms with Crippen LogP contribution in [0.5, 0.6) is 11.5 Å². The summed E-state index contributed by atoms with van der Waals surface area (Å²) in [6.45, 7) is 5.25. The summed E-state index contributed by atoms with van der Waals surface area (Å²) in [4.78, 5) is 12.9. The predicted molar refractivity (Wildman–Crippen MR) is 133 cm³/mol. The van der Waals surface area contributed by atoms with Crippen molar-refractivity contribution in [1.82, 2.24) is 5.32 Å². The van der Waals surface area contributed by atoms with E-state index in [9.17, 15) is 17.6 Å². The molecule has 0 aliphatic heterocycles. The molecule has 0 saturated heterocycles. The Hall–Kier alpha value is -3.59. The van der Waals surface area contributed by atoms with E-state index in [1.54, 1.807) is 0 Å². The highest BCUT2D eigenvalue weighted by atomic mass is 32.2. The van der Waals surface area contributed by atoms with E-state index < -0.39 is 28.3 Å². The number of methoxy groups -OCH3 is 2. The van der Waals surface area contributed by atoms with Crippen LogP contribution < -0.4 is 19.1 Å². The molecule has 0 spiro atoms. The number of nitrogens with zero attached hydrogens (tertiary/aromatic N) is 1. The van der Waals surface area contributed by atoms with Gasteiger partial charge in [-0.3, -0.25) is 9.10 Å². The number of carbonyl (C=O) groups excluding carboxylic acids is 1. The molecule has 9 heteroatoms. The maximum atomic E-state index is 13.6. The van der Waals surface area contributed by atoms with Crippen molar-refractivity contribution < 1.29 is 27.1 Å². The van der Waals surface area contributed by atoms with Gasteiger partial charge < -0.3 is 14.8 Å². The molecule has 3 aromatic rings. The van der Waals surface area contributed by atoms with Crippen molar-refractivity contribution in [1.29, 1.82) is 0 Å². The summed E-state index contributed by atoms with van der Waals surface area (Å²) < 4.78 is 52.2. The second kappa shape index (κ2) is 10.8. The number of carbonyl (C=O) groups is 1. The minimum absolute atomic E-state index is 0.102. The van der Waals surface area contributed by atoms with Gasteiger partial charge in [0.05, 0.1) is 30.8 Å². The first-order valence-electron chi connectivity index (χ1n) is 10.9. The van der Waals surface area contributed by atoms with Crippen LogP contribution in [-0.4, -0.2) is 35.1 Å². The van der Waals surface area contributed by atoms with Crippen LogP contribution >= 0.6 is 0 Å². The number of ether oxygens (including phenoxy) is 2. The molecule has 1 atom stereocenters. The van der Waals surface area contributed by atoms with Gasteiger partial charge in [0.2, 0.25) is 5.91 Å². The topological polar surface area (TPSA) is 84.9 Å². The molecule has 0 aliphatic carbocycles. The number of benzene rings is 3. The fraction of sp³-hybridized carbons (Fsp3) is 0.269. The van der Waals surface area contributed by atoms with Gasteiger partial charge in [0, 0.05) is 6.07 Å². The lowest BCUT2D eigenvalue weighted by atomic mass is 10.00. The van der Waals surface area contributed by atoms with Gasteiger partial charge in [-0.2, -0.15) is 0 Å². The molecular formula is C26H29FN2O5S. The van der Waals surface area contributed by atoms with E-state index in [0.29, 0.717) is 5.75 Å². The molecule has 3 rings (SSSR count). The molecule has 1 N–H and O–H groups in total. The third-order valence-corrected chi connectivity index (χ3v) is 7.39. The van der Waals surface area contributed by atoms with Gasteiger partial charge in [0.25, 0.3) is 10.0 Å². The van der Waals surface area contributed by atoms with Gasteiger partial charge in [-0.25, -0.2) is 12.8 Å². The van der Waals surface area contributed by atoms with Crippen molar-refractivity contribution in [2.24, 2.45) is 0 Å². The van der Waals surface area contributed by atoms with Crippen LogP contribution in [0.25, 0.3) is 0 Å². The van der Waals surface area contributed by atoms with E-state index in [1.165, 1.54) is 44.6 Å². The highest BCUT2D eigenvalue weighted by Gasteiger charge is 2.29. The fourth-order valence-corrected chi connectivity index (χ4v) is 5.19. The predicted octanol–water partition coefficient (Wildman–Crippen LogP) is 4.53. The quantitative estimate of drug-likeness (QED) is 0.467. The van der Waals surface area contributed by atoms with Crippen LogP contribution in [0.4, 0.5) is 10.1 Å². The molecule has 0 radical (unpaired) electrons. The second-order valence-electron chi connectivity index (χ2n) is 8.15. The smallest absolute Gasteiger partial charge is 0.264 e. The minimum Gasteiger partial charge on any atom is -0.493 e. The Labute approximate surface area is 205 Å². The van der Waals surface area contributed by atoms with Crippen LogP contribution in [0.1, 0.15) is 29.7 Å². The van der Waals surface area contributed by atoms with E-state index >= 15 is 0 Å². The Bertz CT molecular complexity index is 1310. The van der Waals surface area contributed by atoms with Crippen molar-refractivity contribution in [3.8, 4) is 11.5 Å². The average molecular weight is 501 g/mol. The van der Waals surface area contributed by atoms with Gasteiger partial charge in [0.15, 0.2) is 11.5 Å². The summed E-state index contributed by atoms with van der Waals surface area (Å²) in [6.07, 6.45) is 0. The molecule has 0 saturated carbocycles. The van der Waals surface area contributed by atoms with Gasteiger partial charge in [0.1, 0.15) is 12.4 Å². The standard InChI is InChI=1S/C26H29FN2O5S/c1-17-6-7-18(2)23(14-17)19(3)28-26(30)16-29(21-10-8-20(27)9-11-21)35(31,32)22-12-13-24(33-4)25(15-22)34-5/h6-15,19H,16H2,1-5H3,(H,28,30). The number of rotatable bonds is 9. The number of hydrogen-bond donors (Lipinski definition) is 1. The molecule has 0 bridgehead atoms. The second-order valence-corrected chi connectivity index (χ2v) is 10.0. The maximum Gasteiger partial charge on any atom is 0.264 e. The first-order chi connectivity index (χ1) is 16.6. The Kier molecular flexibility index (Phi) is 8.01. The third-order valence-electron chi connectivity index (χ3n) is 5.62. The Morgan fingerprint density at radius 2 is 1.63 bits per heavy atom. The van der Waals surface area contributed by atoms with Crippen molar-refractivity contribution in [2.45, 2.75) is 31.7 Å². The summed E-state index contributed by atoms with van der Waals surface area (Å²) in [5.74, 6) is -0.447. The summed E-state index contributed by atoms with van der Waals surface area (Å²) in [6, 6.07) is 14.7. The molecule has 1 unspecified atom stereocenters. The van der Waals surface area contributed by atoms with Crippen molar-refractivity contribution in [2.75, 3.05) is 25.1 Å². The zero-order chi connectivity index (χ0) is 25.8. The summed E-state index contributed by atoms with van der Waals surface area (Å²) >= 11 is 0. The Balaban J connectivity index is 1.95. The lowest BCUT2D eigenvalue weighted by Gasteiger charge is -2.26. The van der Waals surface area contributed by atoms with E-state index in [2.05, 4.69) is 5.32 Å². The van der Waals surface area contributed by atoms with E-state index in [4.69, 9.17) is 9.47 Å². The van der Waals surface area contributed by atoms with Crippen molar-refractivity contribution in [3.63, 3.8) is 0 Å². The number of nitrogens with one attached hydrogen (secondary N) is 1. The highest BCUT2D eigenvalue weighted by Crippen LogP contribution is 2.32. The zero-order valence-corrected chi connectivity index (χ0v) is 21.1. The monoisotopic (exact) mass is 500 g/mol. The molecule has 3 aromatic carbocycles. The number of sulfonamides is 1. The molecule has 35 heavy (non-hydrogen) atoms. The van der Waals surface area contributed by atoms with Crippen LogP contribution in [0.3, 0.4) is 0 Å². The Morgan fingerprint density at radius 3 is 2.26 bits per heavy atom. The van der Waals surface area contributed by atoms with Gasteiger partial charge in [-0.1, -0.05) is 23.8 Å². The van der Waals surface area contributed by atoms with Crippen molar-refractivity contribution >= 4 is 21.6 Å². The lowest BCUT2D eigenvalue weighted by molar-refractivity contribution is -0.120. The fourth-order valence-electron chi connectivity index (χ4n) is 3.75. The number of aryl methyl sites for hydroxylation is 2. The van der Waals surface area contributed by atoms with Crippen LogP contribution in [0.2, 0.25) is 0 Å². The normalized spacial score (nSPS) is 12.1. The lowest BCUT2D eigenvalue weighted by Crippen LogP contribution is -2.41. The molecule has 0 aliphatic rings. The maximum absolute atomic E-state index is 13.6. The first kappa shape index (κ1) is 26.0. The molecular weight excluding hydrogens is 471 g/mol. The SMILES string of the molecule is COc1ccc(S(=O)(=O)N(CC(=O)NC(C)c2cc(C)ccc2C)c2ccc(F)cc2)cc1OC. The Morgan fingerprint density at radius 1 is 0.971 bits per heavy atom. The molecule has 7 nitrogen and oxygen atoms in total. The number of amides is 1. The van der Waals surface area contributed by atoms with Crippen LogP contribution in [0, 0.1) is 19.7 Å². The molecule has 1 amide bonds. The minimum atomic E-state index is -4.22. The average Bonchev–Trinajstić information content (AvgIpc) is 2.84. The van der Waals surface area contributed by atoms with Gasteiger partial charge in [-0.05, 0) is 68.3 Å². The van der Waals surface area contributed by atoms with E-state index in [1.807, 2.05) is 39.0 Å². The molecule has 186 valence electrons. The van der Waals surface area contributed by atoms with E-state index in [-0.39, 0.29) is 22.4 Å². The van der Waals surface area contributed by atoms with Crippen LogP contribution in [0.15, 0.2) is 65.6 Å². The molecule has 0 heterocycles. The van der Waals surface area contributed by atoms with Gasteiger partial charge in [-0.15, -0.1) is 0 Å². The summed E-state index contributed by atoms with van der Waals surface area (Å²) in [5.41, 5.74) is 3.15. The highest BCUT2D eigenvalue weighted by molar-refractivity contribution is 7.92. The third kappa shape index (κ3) is 5.92. The van der Waals surface area contributed by atoms with Gasteiger partial charge >= 0.3 is 0 Å². The van der Waals surface area contributed by atoms with Crippen LogP contribution in [-0.2, 0) is 14.8 Å². The van der Waals surface area contributed by atoms with Crippen molar-refractivity contribution in [3.05, 3.63) is 83.2 Å². The summed E-state index contributed by atoms with van der Waals surface area (Å²) in [5, 5.41) is 2.88. The number of halogens is 1. The molecule has 0 aromatic heterocycles. The van der Waals surface area contributed by atoms with E-state index in [0.717, 1.165) is 33.1 Å². The number of anilines is 1. The first-order valence-corrected chi connectivity index (χ1v) is 12.4. The summed E-state index contributed by atoms with van der Waals surface area (Å²) in [7, 11) is -1.38. The largest absolute Gasteiger partial charge is 0.493 e. The number of hydrogen-bond acceptors (Lipinski definition) is 5. The zero-order valence-electron chi connectivity index (χ0n) is 20.3. The molecule has 0 fully saturated rings.